The smallest absolute Gasteiger partial charge is 0.273 e. The van der Waals surface area contributed by atoms with E-state index in [9.17, 15) is 18.4 Å². The Hall–Kier alpha value is -3.59. The Morgan fingerprint density at radius 3 is 2.59 bits per heavy atom. The van der Waals surface area contributed by atoms with Gasteiger partial charge in [-0.05, 0) is 43.4 Å². The maximum atomic E-state index is 14.2. The third kappa shape index (κ3) is 6.36. The molecule has 1 aliphatic carbocycles. The number of carbonyl (C=O) groups is 2. The molecular formula is C30H34F2N4O3. The fourth-order valence-electron chi connectivity index (χ4n) is 5.78. The van der Waals surface area contributed by atoms with Crippen LogP contribution in [-0.4, -0.2) is 65.5 Å². The van der Waals surface area contributed by atoms with E-state index in [2.05, 4.69) is 15.4 Å². The van der Waals surface area contributed by atoms with Crippen LogP contribution in [0.2, 0.25) is 0 Å². The first kappa shape index (κ1) is 27.0. The minimum atomic E-state index is -0.804. The highest BCUT2D eigenvalue weighted by Crippen LogP contribution is 2.30. The number of carbonyl (C=O) groups excluding carboxylic acids is 2. The van der Waals surface area contributed by atoms with Gasteiger partial charge in [0.15, 0.2) is 11.5 Å². The zero-order valence-corrected chi connectivity index (χ0v) is 22.1. The van der Waals surface area contributed by atoms with Crippen LogP contribution < -0.4 is 5.32 Å². The van der Waals surface area contributed by atoms with Gasteiger partial charge >= 0.3 is 0 Å². The summed E-state index contributed by atoms with van der Waals surface area (Å²) in [5, 5.41) is 6.82. The first-order valence-corrected chi connectivity index (χ1v) is 13.6. The Kier molecular flexibility index (Phi) is 8.35. The molecule has 2 aromatic carbocycles. The second kappa shape index (κ2) is 12.1. The van der Waals surface area contributed by atoms with Gasteiger partial charge in [0.25, 0.3) is 5.91 Å². The van der Waals surface area contributed by atoms with Crippen LogP contribution in [-0.2, 0) is 11.2 Å². The van der Waals surface area contributed by atoms with Crippen LogP contribution >= 0.6 is 0 Å². The number of hydrogen-bond donors (Lipinski definition) is 1. The molecule has 0 bridgehead atoms. The van der Waals surface area contributed by atoms with Gasteiger partial charge in [0.05, 0.1) is 11.5 Å². The van der Waals surface area contributed by atoms with E-state index in [0.29, 0.717) is 25.6 Å². The Balaban J connectivity index is 1.29. The number of benzene rings is 2. The lowest BCUT2D eigenvalue weighted by Gasteiger charge is -2.42. The van der Waals surface area contributed by atoms with Crippen molar-refractivity contribution >= 4 is 11.8 Å². The van der Waals surface area contributed by atoms with Gasteiger partial charge in [-0.1, -0.05) is 48.3 Å². The lowest BCUT2D eigenvalue weighted by atomic mass is 9.89. The summed E-state index contributed by atoms with van der Waals surface area (Å²) < 4.78 is 32.7. The minimum absolute atomic E-state index is 0.00755. The molecule has 2 aliphatic rings. The van der Waals surface area contributed by atoms with E-state index in [1.807, 2.05) is 37.4 Å². The van der Waals surface area contributed by atoms with Crippen LogP contribution in [0.15, 0.2) is 59.1 Å². The summed E-state index contributed by atoms with van der Waals surface area (Å²) in [6.07, 6.45) is 6.09. The maximum Gasteiger partial charge on any atom is 0.273 e. The first-order valence-electron chi connectivity index (χ1n) is 13.6. The van der Waals surface area contributed by atoms with E-state index in [1.165, 1.54) is 25.0 Å². The fourth-order valence-corrected chi connectivity index (χ4v) is 5.78. The van der Waals surface area contributed by atoms with Gasteiger partial charge in [-0.15, -0.1) is 0 Å². The molecule has 2 fully saturated rings. The molecule has 2 unspecified atom stereocenters. The lowest BCUT2D eigenvalue weighted by molar-refractivity contribution is -0.137. The standard InChI is InChI=1S/C30H34F2N4O3/c1-35(15-13-20-7-3-2-4-8-20)30(38)24-19-36(22-9-5-6-10-22)16-14-26(24)33-29(37)27-18-28(39-34-27)23-12-11-21(31)17-25(23)32/h2-4,7-8,11-12,17-18,22,24,26H,5-6,9-10,13-16,19H2,1H3,(H,33,37). The normalized spacial score (nSPS) is 20.2. The summed E-state index contributed by atoms with van der Waals surface area (Å²) in [4.78, 5) is 31.0. The molecule has 1 saturated carbocycles. The van der Waals surface area contributed by atoms with Crippen LogP contribution in [0.1, 0.15) is 48.2 Å². The average Bonchev–Trinajstić information content (AvgIpc) is 3.65. The van der Waals surface area contributed by atoms with Crippen LogP contribution in [0, 0.1) is 17.6 Å². The van der Waals surface area contributed by atoms with Gasteiger partial charge in [-0.25, -0.2) is 8.78 Å². The van der Waals surface area contributed by atoms with Crippen molar-refractivity contribution in [1.82, 2.24) is 20.3 Å². The molecule has 1 aliphatic heterocycles. The number of nitrogens with zero attached hydrogens (tertiary/aromatic N) is 3. The highest BCUT2D eigenvalue weighted by molar-refractivity contribution is 5.94. The summed E-state index contributed by atoms with van der Waals surface area (Å²) in [6, 6.07) is 14.6. The van der Waals surface area contributed by atoms with Crippen LogP contribution in [0.3, 0.4) is 0 Å². The Morgan fingerprint density at radius 1 is 1.08 bits per heavy atom. The van der Waals surface area contributed by atoms with Crippen molar-refractivity contribution in [3.8, 4) is 11.3 Å². The summed E-state index contributed by atoms with van der Waals surface area (Å²) in [5.74, 6) is -2.36. The van der Waals surface area contributed by atoms with Crippen LogP contribution in [0.25, 0.3) is 11.3 Å². The molecule has 5 rings (SSSR count). The van der Waals surface area contributed by atoms with Gasteiger partial charge in [0, 0.05) is 50.9 Å². The molecule has 0 radical (unpaired) electrons. The quantitative estimate of drug-likeness (QED) is 0.452. The van der Waals surface area contributed by atoms with Crippen LogP contribution in [0.5, 0.6) is 0 Å². The average molecular weight is 537 g/mol. The highest BCUT2D eigenvalue weighted by Gasteiger charge is 2.39. The SMILES string of the molecule is CN(CCc1ccccc1)C(=O)C1CN(C2CCCC2)CCC1NC(=O)c1cc(-c2ccc(F)cc2F)on1. The second-order valence-corrected chi connectivity index (χ2v) is 10.6. The Bertz CT molecular complexity index is 1290. The van der Waals surface area contributed by atoms with E-state index in [1.54, 1.807) is 4.90 Å². The number of piperidine rings is 1. The van der Waals surface area contributed by atoms with Crippen molar-refractivity contribution in [3.63, 3.8) is 0 Å². The number of nitrogens with one attached hydrogen (secondary N) is 1. The summed E-state index contributed by atoms with van der Waals surface area (Å²) in [6.45, 7) is 1.98. The molecule has 1 N–H and O–H groups in total. The largest absolute Gasteiger partial charge is 0.355 e. The number of aromatic nitrogens is 1. The number of hydrogen-bond acceptors (Lipinski definition) is 5. The predicted octanol–water partition coefficient (Wildman–Crippen LogP) is 4.68. The first-order chi connectivity index (χ1) is 18.9. The Morgan fingerprint density at radius 2 is 1.85 bits per heavy atom. The van der Waals surface area contributed by atoms with E-state index in [4.69, 9.17) is 4.52 Å². The predicted molar refractivity (Wildman–Crippen MR) is 143 cm³/mol. The van der Waals surface area contributed by atoms with E-state index in [0.717, 1.165) is 43.5 Å². The van der Waals surface area contributed by atoms with Crippen molar-refractivity contribution in [2.75, 3.05) is 26.7 Å². The summed E-state index contributed by atoms with van der Waals surface area (Å²) in [7, 11) is 1.82. The highest BCUT2D eigenvalue weighted by atomic mass is 19.1. The topological polar surface area (TPSA) is 78.7 Å². The number of halogens is 2. The molecule has 2 amide bonds. The van der Waals surface area contributed by atoms with E-state index in [-0.39, 0.29) is 29.0 Å². The summed E-state index contributed by atoms with van der Waals surface area (Å²) >= 11 is 0. The number of likely N-dealkylation sites (tertiary alicyclic amines) is 1. The molecule has 9 heteroatoms. The van der Waals surface area contributed by atoms with Crippen molar-refractivity contribution in [3.05, 3.63) is 77.5 Å². The molecule has 39 heavy (non-hydrogen) atoms. The van der Waals surface area contributed by atoms with Crippen molar-refractivity contribution in [1.29, 1.82) is 0 Å². The summed E-state index contributed by atoms with van der Waals surface area (Å²) in [5.41, 5.74) is 1.16. The maximum absolute atomic E-state index is 14.2. The molecule has 206 valence electrons. The number of amides is 2. The van der Waals surface area contributed by atoms with Crippen molar-refractivity contribution in [2.24, 2.45) is 5.92 Å². The zero-order chi connectivity index (χ0) is 27.4. The molecule has 2 atom stereocenters. The Labute approximate surface area is 227 Å². The van der Waals surface area contributed by atoms with E-state index >= 15 is 0 Å². The second-order valence-electron chi connectivity index (χ2n) is 10.6. The van der Waals surface area contributed by atoms with Crippen molar-refractivity contribution < 1.29 is 22.9 Å². The van der Waals surface area contributed by atoms with Crippen molar-refractivity contribution in [2.45, 2.75) is 50.6 Å². The third-order valence-corrected chi connectivity index (χ3v) is 8.01. The van der Waals surface area contributed by atoms with E-state index < -0.39 is 23.5 Å². The molecule has 3 aromatic rings. The molecule has 7 nitrogen and oxygen atoms in total. The minimum Gasteiger partial charge on any atom is -0.355 e. The third-order valence-electron chi connectivity index (χ3n) is 8.01. The van der Waals surface area contributed by atoms with Gasteiger partial charge in [-0.2, -0.15) is 0 Å². The number of likely N-dealkylation sites (N-methyl/N-ethyl adjacent to an activating group) is 1. The zero-order valence-electron chi connectivity index (χ0n) is 22.1. The molecule has 1 aromatic heterocycles. The molecule has 1 saturated heterocycles. The number of rotatable bonds is 8. The van der Waals surface area contributed by atoms with Gasteiger partial charge in [-0.3, -0.25) is 14.5 Å². The lowest BCUT2D eigenvalue weighted by Crippen LogP contribution is -2.57. The molecule has 2 heterocycles. The van der Waals surface area contributed by atoms with Crippen LogP contribution in [0.4, 0.5) is 8.78 Å². The monoisotopic (exact) mass is 536 g/mol. The van der Waals surface area contributed by atoms with Gasteiger partial charge in [0.1, 0.15) is 11.6 Å². The van der Waals surface area contributed by atoms with Gasteiger partial charge in [0.2, 0.25) is 5.91 Å². The molecule has 0 spiro atoms. The fraction of sp³-hybridized carbons (Fsp3) is 0.433. The van der Waals surface area contributed by atoms with Gasteiger partial charge < -0.3 is 14.7 Å². The molecular weight excluding hydrogens is 502 g/mol.